The van der Waals surface area contributed by atoms with Crippen LogP contribution in [0.3, 0.4) is 0 Å². The van der Waals surface area contributed by atoms with E-state index in [4.69, 9.17) is 0 Å². The van der Waals surface area contributed by atoms with Crippen molar-refractivity contribution in [1.29, 1.82) is 0 Å². The van der Waals surface area contributed by atoms with Crippen molar-refractivity contribution in [1.82, 2.24) is 19.9 Å². The van der Waals surface area contributed by atoms with Crippen LogP contribution in [0.4, 0.5) is 4.39 Å². The third-order valence-corrected chi connectivity index (χ3v) is 4.16. The van der Waals surface area contributed by atoms with E-state index in [0.29, 0.717) is 11.4 Å². The van der Waals surface area contributed by atoms with E-state index in [9.17, 15) is 9.18 Å². The lowest BCUT2D eigenvalue weighted by atomic mass is 10.1. The zero-order valence-corrected chi connectivity index (χ0v) is 12.8. The van der Waals surface area contributed by atoms with Gasteiger partial charge in [0, 0.05) is 36.1 Å². The van der Waals surface area contributed by atoms with Crippen molar-refractivity contribution in [2.45, 2.75) is 18.4 Å². The van der Waals surface area contributed by atoms with Crippen LogP contribution in [0.15, 0.2) is 61.3 Å². The second-order valence-electron chi connectivity index (χ2n) is 5.85. The number of aromatic nitrogens is 3. The standard InChI is InChI=1S/C18H15FN4O/c19-14-3-1-2-12(8-14)15-10-16(15)22-18(24)13-4-5-21-17(9-13)23-7-6-20-11-23/h1-9,11,15-16H,10H2,(H,22,24)/t15-,16-/m1/s1. The van der Waals surface area contributed by atoms with Crippen molar-refractivity contribution in [3.8, 4) is 5.82 Å². The maximum absolute atomic E-state index is 13.3. The second-order valence-corrected chi connectivity index (χ2v) is 5.85. The Bertz CT molecular complexity index is 878. The van der Waals surface area contributed by atoms with Gasteiger partial charge in [-0.1, -0.05) is 12.1 Å². The molecule has 6 heteroatoms. The highest BCUT2D eigenvalue weighted by atomic mass is 19.1. The molecule has 1 aliphatic carbocycles. The van der Waals surface area contributed by atoms with Gasteiger partial charge >= 0.3 is 0 Å². The number of imidazole rings is 1. The molecule has 4 rings (SSSR count). The largest absolute Gasteiger partial charge is 0.349 e. The number of rotatable bonds is 4. The molecule has 2 atom stereocenters. The number of amides is 1. The molecule has 1 aliphatic rings. The topological polar surface area (TPSA) is 59.8 Å². The monoisotopic (exact) mass is 322 g/mol. The minimum absolute atomic E-state index is 0.0455. The molecule has 0 spiro atoms. The summed E-state index contributed by atoms with van der Waals surface area (Å²) in [5.74, 6) is 0.420. The van der Waals surface area contributed by atoms with Gasteiger partial charge in [-0.2, -0.15) is 0 Å². The lowest BCUT2D eigenvalue weighted by Crippen LogP contribution is -2.26. The molecule has 1 amide bonds. The molecule has 1 saturated carbocycles. The van der Waals surface area contributed by atoms with E-state index in [0.717, 1.165) is 12.0 Å². The number of halogens is 1. The van der Waals surface area contributed by atoms with Gasteiger partial charge in [0.1, 0.15) is 18.0 Å². The molecule has 0 saturated heterocycles. The van der Waals surface area contributed by atoms with E-state index in [1.807, 2.05) is 6.07 Å². The highest BCUT2D eigenvalue weighted by Crippen LogP contribution is 2.41. The third kappa shape index (κ3) is 2.90. The highest BCUT2D eigenvalue weighted by molar-refractivity contribution is 5.95. The Balaban J connectivity index is 1.45. The van der Waals surface area contributed by atoms with Crippen molar-refractivity contribution < 1.29 is 9.18 Å². The Morgan fingerprint density at radius 3 is 2.96 bits per heavy atom. The predicted molar refractivity (Wildman–Crippen MR) is 86.4 cm³/mol. The number of pyridine rings is 1. The van der Waals surface area contributed by atoms with Gasteiger partial charge in [0.2, 0.25) is 0 Å². The highest BCUT2D eigenvalue weighted by Gasteiger charge is 2.39. The molecule has 3 aromatic rings. The molecule has 2 heterocycles. The van der Waals surface area contributed by atoms with Crippen molar-refractivity contribution >= 4 is 5.91 Å². The molecule has 1 fully saturated rings. The smallest absolute Gasteiger partial charge is 0.251 e. The normalized spacial score (nSPS) is 19.0. The molecule has 120 valence electrons. The Hall–Kier alpha value is -3.02. The van der Waals surface area contributed by atoms with E-state index >= 15 is 0 Å². The Labute approximate surface area is 138 Å². The van der Waals surface area contributed by atoms with E-state index in [1.165, 1.54) is 12.1 Å². The first kappa shape index (κ1) is 14.6. The lowest BCUT2D eigenvalue weighted by Gasteiger charge is -2.07. The zero-order chi connectivity index (χ0) is 16.5. The van der Waals surface area contributed by atoms with Gasteiger partial charge in [0.25, 0.3) is 5.91 Å². The molecule has 0 unspecified atom stereocenters. The molecule has 0 radical (unpaired) electrons. The van der Waals surface area contributed by atoms with Gasteiger partial charge in [0.15, 0.2) is 0 Å². The first-order valence-electron chi connectivity index (χ1n) is 7.71. The number of carbonyl (C=O) groups is 1. The molecule has 0 aliphatic heterocycles. The molecule has 1 N–H and O–H groups in total. The number of carbonyl (C=O) groups excluding carboxylic acids is 1. The quantitative estimate of drug-likeness (QED) is 0.803. The maximum atomic E-state index is 13.3. The van der Waals surface area contributed by atoms with Crippen LogP contribution in [-0.4, -0.2) is 26.5 Å². The first-order chi connectivity index (χ1) is 11.7. The number of hydrogen-bond acceptors (Lipinski definition) is 3. The summed E-state index contributed by atoms with van der Waals surface area (Å²) in [6, 6.07) is 9.98. The number of nitrogens with zero attached hydrogens (tertiary/aromatic N) is 3. The summed E-state index contributed by atoms with van der Waals surface area (Å²) >= 11 is 0. The van der Waals surface area contributed by atoms with Crippen LogP contribution in [0, 0.1) is 5.82 Å². The van der Waals surface area contributed by atoms with E-state index in [1.54, 1.807) is 47.7 Å². The molecular weight excluding hydrogens is 307 g/mol. The predicted octanol–water partition coefficient (Wildman–Crippen LogP) is 2.69. The summed E-state index contributed by atoms with van der Waals surface area (Å²) in [6.07, 6.45) is 7.48. The molecule has 0 bridgehead atoms. The summed E-state index contributed by atoms with van der Waals surface area (Å²) in [6.45, 7) is 0. The van der Waals surface area contributed by atoms with Crippen molar-refractivity contribution in [3.05, 3.63) is 78.3 Å². The number of benzene rings is 1. The Morgan fingerprint density at radius 1 is 1.25 bits per heavy atom. The van der Waals surface area contributed by atoms with Crippen LogP contribution in [-0.2, 0) is 0 Å². The average Bonchev–Trinajstić information content (AvgIpc) is 3.14. The summed E-state index contributed by atoms with van der Waals surface area (Å²) < 4.78 is 15.0. The third-order valence-electron chi connectivity index (χ3n) is 4.16. The summed E-state index contributed by atoms with van der Waals surface area (Å²) in [7, 11) is 0. The molecule has 5 nitrogen and oxygen atoms in total. The van der Waals surface area contributed by atoms with Gasteiger partial charge in [0.05, 0.1) is 0 Å². The van der Waals surface area contributed by atoms with Gasteiger partial charge in [-0.05, 0) is 36.2 Å². The molecule has 1 aromatic carbocycles. The van der Waals surface area contributed by atoms with Gasteiger partial charge in [-0.15, -0.1) is 0 Å². The minimum atomic E-state index is -0.247. The van der Waals surface area contributed by atoms with Crippen molar-refractivity contribution in [2.75, 3.05) is 0 Å². The minimum Gasteiger partial charge on any atom is -0.349 e. The zero-order valence-electron chi connectivity index (χ0n) is 12.8. The van der Waals surface area contributed by atoms with Crippen molar-refractivity contribution in [2.24, 2.45) is 0 Å². The fourth-order valence-electron chi connectivity index (χ4n) is 2.81. The maximum Gasteiger partial charge on any atom is 0.251 e. The van der Waals surface area contributed by atoms with Gasteiger partial charge in [-0.3, -0.25) is 9.36 Å². The average molecular weight is 322 g/mol. The Kier molecular flexibility index (Phi) is 3.57. The van der Waals surface area contributed by atoms with Crippen LogP contribution in [0.5, 0.6) is 0 Å². The fourth-order valence-corrected chi connectivity index (χ4v) is 2.81. The van der Waals surface area contributed by atoms with Crippen LogP contribution in [0.2, 0.25) is 0 Å². The first-order valence-corrected chi connectivity index (χ1v) is 7.71. The summed E-state index contributed by atoms with van der Waals surface area (Å²) in [5, 5.41) is 3.00. The summed E-state index contributed by atoms with van der Waals surface area (Å²) in [5.41, 5.74) is 1.47. The Morgan fingerprint density at radius 2 is 2.17 bits per heavy atom. The van der Waals surface area contributed by atoms with E-state index < -0.39 is 0 Å². The van der Waals surface area contributed by atoms with Gasteiger partial charge < -0.3 is 5.32 Å². The summed E-state index contributed by atoms with van der Waals surface area (Å²) in [4.78, 5) is 20.6. The number of nitrogens with one attached hydrogen (secondary N) is 1. The van der Waals surface area contributed by atoms with E-state index in [2.05, 4.69) is 15.3 Å². The lowest BCUT2D eigenvalue weighted by molar-refractivity contribution is 0.0950. The molecule has 24 heavy (non-hydrogen) atoms. The van der Waals surface area contributed by atoms with Crippen LogP contribution >= 0.6 is 0 Å². The SMILES string of the molecule is O=C(N[C@@H]1C[C@@H]1c1cccc(F)c1)c1ccnc(-n2ccnc2)c1. The molecule has 2 aromatic heterocycles. The van der Waals surface area contributed by atoms with Crippen LogP contribution < -0.4 is 5.32 Å². The fraction of sp³-hybridized carbons (Fsp3) is 0.167. The number of hydrogen-bond donors (Lipinski definition) is 1. The van der Waals surface area contributed by atoms with E-state index in [-0.39, 0.29) is 23.7 Å². The molecular formula is C18H15FN4O. The van der Waals surface area contributed by atoms with Crippen LogP contribution in [0.25, 0.3) is 5.82 Å². The second kappa shape index (κ2) is 5.88. The van der Waals surface area contributed by atoms with Crippen molar-refractivity contribution in [3.63, 3.8) is 0 Å². The van der Waals surface area contributed by atoms with Gasteiger partial charge in [-0.25, -0.2) is 14.4 Å². The van der Waals surface area contributed by atoms with Crippen LogP contribution in [0.1, 0.15) is 28.3 Å².